The summed E-state index contributed by atoms with van der Waals surface area (Å²) < 4.78 is 10.5. The number of benzene rings is 4. The minimum absolute atomic E-state index is 0.0377. The molecule has 1 atom stereocenters. The molecular weight excluding hydrogens is 588 g/mol. The molecule has 10 heteroatoms. The van der Waals surface area contributed by atoms with Crippen LogP contribution < -0.4 is 20.7 Å². The molecule has 5 rings (SSSR count). The number of methoxy groups -OCH3 is 1. The quantitative estimate of drug-likeness (QED) is 0.109. The van der Waals surface area contributed by atoms with Crippen molar-refractivity contribution in [2.24, 2.45) is 0 Å². The average Bonchev–Trinajstić information content (AvgIpc) is 3.48. The maximum absolute atomic E-state index is 13.5. The van der Waals surface area contributed by atoms with Crippen molar-refractivity contribution < 1.29 is 23.6 Å². The zero-order valence-corrected chi connectivity index (χ0v) is 25.3. The molecule has 0 aliphatic heterocycles. The Bertz CT molecular complexity index is 1810. The van der Waals surface area contributed by atoms with Crippen molar-refractivity contribution in [3.8, 4) is 5.75 Å². The van der Waals surface area contributed by atoms with E-state index in [9.17, 15) is 14.4 Å². The molecule has 3 amide bonds. The predicted octanol–water partition coefficient (Wildman–Crippen LogP) is 6.87. The van der Waals surface area contributed by atoms with Crippen LogP contribution in [0.5, 0.6) is 5.75 Å². The first-order chi connectivity index (χ1) is 21.9. The van der Waals surface area contributed by atoms with Gasteiger partial charge in [-0.15, -0.1) is 11.8 Å². The molecular formula is C35H30N4O5S. The third kappa shape index (κ3) is 8.27. The number of aryl methyl sites for hydroxylation is 1. The number of amides is 3. The largest absolute Gasteiger partial charge is 0.496 e. The maximum Gasteiger partial charge on any atom is 0.272 e. The number of thioether (sulfide) groups is 1. The highest BCUT2D eigenvalue weighted by Crippen LogP contribution is 2.36. The fourth-order valence-corrected chi connectivity index (χ4v) is 5.38. The predicted molar refractivity (Wildman–Crippen MR) is 175 cm³/mol. The molecule has 1 unspecified atom stereocenters. The molecule has 1 aromatic heterocycles. The highest BCUT2D eigenvalue weighted by molar-refractivity contribution is 8.00. The summed E-state index contributed by atoms with van der Waals surface area (Å²) in [6, 6.07) is 34.0. The fraction of sp³-hybridized carbons (Fsp3) is 0.0857. The van der Waals surface area contributed by atoms with E-state index >= 15 is 0 Å². The number of hydrogen-bond donors (Lipinski definition) is 3. The monoisotopic (exact) mass is 618 g/mol. The van der Waals surface area contributed by atoms with Gasteiger partial charge in [0, 0.05) is 27.8 Å². The lowest BCUT2D eigenvalue weighted by atomic mass is 10.1. The Labute approximate surface area is 264 Å². The Hall–Kier alpha value is -5.61. The molecule has 0 radical (unpaired) electrons. The van der Waals surface area contributed by atoms with Crippen molar-refractivity contribution in [3.05, 3.63) is 143 Å². The van der Waals surface area contributed by atoms with Gasteiger partial charge in [0.1, 0.15) is 22.5 Å². The second kappa shape index (κ2) is 14.7. The Kier molecular flexibility index (Phi) is 10.1. The van der Waals surface area contributed by atoms with Crippen molar-refractivity contribution in [3.63, 3.8) is 0 Å². The fourth-order valence-electron chi connectivity index (χ4n) is 4.35. The van der Waals surface area contributed by atoms with E-state index in [0.717, 1.165) is 10.5 Å². The number of aromatic nitrogens is 1. The van der Waals surface area contributed by atoms with Crippen molar-refractivity contribution in [1.29, 1.82) is 0 Å². The standard InChI is InChI=1S/C35H30N4O5S/c1-23-21-31(39-44-23)38-35(42)32(24-11-5-3-6-12-24)45-28-19-17-27(18-20-28)36-34(41)29(22-26-15-9-10-16-30(26)43-2)37-33(40)25-13-7-4-8-14-25/h3-22,32H,1-2H3,(H,36,41)(H,37,40)(H,38,39,42)/b29-22-. The van der Waals surface area contributed by atoms with Gasteiger partial charge >= 0.3 is 0 Å². The summed E-state index contributed by atoms with van der Waals surface area (Å²) in [5.41, 5.74) is 2.39. The Morgan fingerprint density at radius 3 is 2.18 bits per heavy atom. The maximum atomic E-state index is 13.5. The molecule has 1 heterocycles. The first-order valence-corrected chi connectivity index (χ1v) is 14.9. The Morgan fingerprint density at radius 2 is 1.51 bits per heavy atom. The van der Waals surface area contributed by atoms with E-state index in [-0.39, 0.29) is 11.6 Å². The number of carbonyl (C=O) groups excluding carboxylic acids is 3. The average molecular weight is 619 g/mol. The number of nitrogens with zero attached hydrogens (tertiary/aromatic N) is 1. The zero-order valence-electron chi connectivity index (χ0n) is 24.5. The number of carbonyl (C=O) groups is 3. The van der Waals surface area contributed by atoms with Gasteiger partial charge in [-0.05, 0) is 61.0 Å². The van der Waals surface area contributed by atoms with E-state index in [1.807, 2.05) is 60.7 Å². The van der Waals surface area contributed by atoms with E-state index in [4.69, 9.17) is 9.26 Å². The van der Waals surface area contributed by atoms with E-state index in [2.05, 4.69) is 21.1 Å². The van der Waals surface area contributed by atoms with Crippen LogP contribution in [0, 0.1) is 6.92 Å². The summed E-state index contributed by atoms with van der Waals surface area (Å²) in [7, 11) is 1.54. The summed E-state index contributed by atoms with van der Waals surface area (Å²) in [6.07, 6.45) is 1.57. The van der Waals surface area contributed by atoms with Crippen LogP contribution in [0.15, 0.2) is 130 Å². The number of ether oxygens (including phenoxy) is 1. The number of anilines is 2. The van der Waals surface area contributed by atoms with E-state index in [1.165, 1.54) is 18.9 Å². The van der Waals surface area contributed by atoms with Gasteiger partial charge in [-0.25, -0.2) is 0 Å². The molecule has 0 aliphatic rings. The highest BCUT2D eigenvalue weighted by Gasteiger charge is 2.23. The van der Waals surface area contributed by atoms with Crippen molar-refractivity contribution in [2.75, 3.05) is 17.7 Å². The van der Waals surface area contributed by atoms with Crippen LogP contribution in [0.2, 0.25) is 0 Å². The van der Waals surface area contributed by atoms with Gasteiger partial charge in [0.15, 0.2) is 5.82 Å². The summed E-state index contributed by atoms with van der Waals surface area (Å²) in [5.74, 6) is 0.284. The summed E-state index contributed by atoms with van der Waals surface area (Å²) >= 11 is 1.36. The zero-order chi connectivity index (χ0) is 31.6. The van der Waals surface area contributed by atoms with Gasteiger partial charge in [-0.2, -0.15) is 0 Å². The molecule has 4 aromatic carbocycles. The van der Waals surface area contributed by atoms with Crippen molar-refractivity contribution >= 4 is 47.1 Å². The lowest BCUT2D eigenvalue weighted by Crippen LogP contribution is -2.30. The minimum atomic E-state index is -0.577. The lowest BCUT2D eigenvalue weighted by molar-refractivity contribution is -0.116. The van der Waals surface area contributed by atoms with E-state index in [1.54, 1.807) is 67.6 Å². The van der Waals surface area contributed by atoms with E-state index in [0.29, 0.717) is 34.1 Å². The molecule has 3 N–H and O–H groups in total. The van der Waals surface area contributed by atoms with Crippen LogP contribution in [-0.2, 0) is 9.59 Å². The van der Waals surface area contributed by atoms with Gasteiger partial charge < -0.3 is 25.2 Å². The van der Waals surface area contributed by atoms with Crippen LogP contribution in [-0.4, -0.2) is 30.0 Å². The summed E-state index contributed by atoms with van der Waals surface area (Å²) in [5, 5.41) is 11.7. The van der Waals surface area contributed by atoms with Gasteiger partial charge in [0.25, 0.3) is 11.8 Å². The second-order valence-electron chi connectivity index (χ2n) is 9.82. The molecule has 0 saturated carbocycles. The van der Waals surface area contributed by atoms with Crippen LogP contribution in [0.1, 0.15) is 32.5 Å². The van der Waals surface area contributed by atoms with Crippen LogP contribution in [0.3, 0.4) is 0 Å². The third-order valence-corrected chi connectivity index (χ3v) is 7.82. The van der Waals surface area contributed by atoms with Crippen molar-refractivity contribution in [2.45, 2.75) is 17.1 Å². The molecule has 5 aromatic rings. The van der Waals surface area contributed by atoms with Gasteiger partial charge in [-0.3, -0.25) is 14.4 Å². The first kappa shape index (κ1) is 30.8. The Morgan fingerprint density at radius 1 is 0.844 bits per heavy atom. The second-order valence-corrected chi connectivity index (χ2v) is 11.0. The van der Waals surface area contributed by atoms with Gasteiger partial charge in [-0.1, -0.05) is 71.9 Å². The smallest absolute Gasteiger partial charge is 0.272 e. The Balaban J connectivity index is 1.34. The number of hydrogen-bond acceptors (Lipinski definition) is 7. The number of nitrogens with one attached hydrogen (secondary N) is 3. The van der Waals surface area contributed by atoms with Crippen molar-refractivity contribution in [1.82, 2.24) is 10.5 Å². The molecule has 0 fully saturated rings. The van der Waals surface area contributed by atoms with Crippen LogP contribution >= 0.6 is 11.8 Å². The lowest BCUT2D eigenvalue weighted by Gasteiger charge is -2.16. The normalized spacial score (nSPS) is 11.7. The molecule has 0 spiro atoms. The summed E-state index contributed by atoms with van der Waals surface area (Å²) in [4.78, 5) is 40.6. The summed E-state index contributed by atoms with van der Waals surface area (Å²) in [6.45, 7) is 1.75. The van der Waals surface area contributed by atoms with Crippen LogP contribution in [0.25, 0.3) is 6.08 Å². The minimum Gasteiger partial charge on any atom is -0.496 e. The number of para-hydroxylation sites is 1. The third-order valence-electron chi connectivity index (χ3n) is 6.55. The first-order valence-electron chi connectivity index (χ1n) is 14.0. The molecule has 9 nitrogen and oxygen atoms in total. The molecule has 45 heavy (non-hydrogen) atoms. The van der Waals surface area contributed by atoms with Gasteiger partial charge in [0.05, 0.1) is 7.11 Å². The molecule has 226 valence electrons. The molecule has 0 bridgehead atoms. The van der Waals surface area contributed by atoms with Gasteiger partial charge in [0.2, 0.25) is 5.91 Å². The van der Waals surface area contributed by atoms with E-state index < -0.39 is 17.1 Å². The molecule has 0 aliphatic carbocycles. The number of rotatable bonds is 11. The highest BCUT2D eigenvalue weighted by atomic mass is 32.2. The molecule has 0 saturated heterocycles. The topological polar surface area (TPSA) is 123 Å². The SMILES string of the molecule is COc1ccccc1/C=C(\NC(=O)c1ccccc1)C(=O)Nc1ccc(SC(C(=O)Nc2cc(C)on2)c2ccccc2)cc1. The van der Waals surface area contributed by atoms with Crippen LogP contribution in [0.4, 0.5) is 11.5 Å².